The SMILES string of the molecule is Cc1ccccc1CN1CCCNC(C)(C2CC2)C1. The molecule has 1 aromatic rings. The Kier molecular flexibility index (Phi) is 3.64. The fourth-order valence-electron chi connectivity index (χ4n) is 3.43. The maximum Gasteiger partial charge on any atom is 0.0308 e. The van der Waals surface area contributed by atoms with E-state index >= 15 is 0 Å². The van der Waals surface area contributed by atoms with Crippen molar-refractivity contribution in [3.63, 3.8) is 0 Å². The summed E-state index contributed by atoms with van der Waals surface area (Å²) >= 11 is 0. The molecule has 3 rings (SSSR count). The highest BCUT2D eigenvalue weighted by atomic mass is 15.2. The number of aryl methyl sites for hydroxylation is 1. The van der Waals surface area contributed by atoms with Gasteiger partial charge in [-0.3, -0.25) is 4.90 Å². The molecule has 0 spiro atoms. The highest BCUT2D eigenvalue weighted by Crippen LogP contribution is 2.40. The van der Waals surface area contributed by atoms with Crippen molar-refractivity contribution >= 4 is 0 Å². The monoisotopic (exact) mass is 258 g/mol. The highest BCUT2D eigenvalue weighted by Gasteiger charge is 2.42. The largest absolute Gasteiger partial charge is 0.310 e. The van der Waals surface area contributed by atoms with Crippen molar-refractivity contribution in [3.8, 4) is 0 Å². The molecule has 0 radical (unpaired) electrons. The third kappa shape index (κ3) is 3.01. The summed E-state index contributed by atoms with van der Waals surface area (Å²) in [5.74, 6) is 0.907. The van der Waals surface area contributed by atoms with Crippen LogP contribution in [0.3, 0.4) is 0 Å². The third-order valence-electron chi connectivity index (χ3n) is 4.87. The molecule has 1 atom stereocenters. The van der Waals surface area contributed by atoms with E-state index < -0.39 is 0 Å². The molecule has 19 heavy (non-hydrogen) atoms. The van der Waals surface area contributed by atoms with Crippen molar-refractivity contribution in [2.75, 3.05) is 19.6 Å². The van der Waals surface area contributed by atoms with Crippen LogP contribution in [0.1, 0.15) is 37.3 Å². The van der Waals surface area contributed by atoms with Crippen LogP contribution in [0.5, 0.6) is 0 Å². The van der Waals surface area contributed by atoms with Crippen molar-refractivity contribution < 1.29 is 0 Å². The van der Waals surface area contributed by atoms with Crippen LogP contribution in [0.15, 0.2) is 24.3 Å². The van der Waals surface area contributed by atoms with Gasteiger partial charge in [0.15, 0.2) is 0 Å². The first-order valence-electron chi connectivity index (χ1n) is 7.69. The molecule has 104 valence electrons. The fraction of sp³-hybridized carbons (Fsp3) is 0.647. The average molecular weight is 258 g/mol. The molecule has 1 heterocycles. The highest BCUT2D eigenvalue weighted by molar-refractivity contribution is 5.25. The lowest BCUT2D eigenvalue weighted by Crippen LogP contribution is -2.50. The summed E-state index contributed by atoms with van der Waals surface area (Å²) in [4.78, 5) is 2.65. The van der Waals surface area contributed by atoms with Crippen molar-refractivity contribution in [1.29, 1.82) is 0 Å². The van der Waals surface area contributed by atoms with Crippen LogP contribution in [0, 0.1) is 12.8 Å². The fourth-order valence-corrected chi connectivity index (χ4v) is 3.43. The minimum atomic E-state index is 0.346. The van der Waals surface area contributed by atoms with Gasteiger partial charge in [-0.25, -0.2) is 0 Å². The van der Waals surface area contributed by atoms with E-state index in [9.17, 15) is 0 Å². The lowest BCUT2D eigenvalue weighted by Gasteiger charge is -2.34. The number of rotatable bonds is 3. The smallest absolute Gasteiger partial charge is 0.0308 e. The van der Waals surface area contributed by atoms with Gasteiger partial charge in [-0.1, -0.05) is 24.3 Å². The Bertz CT molecular complexity index is 439. The zero-order valence-corrected chi connectivity index (χ0v) is 12.3. The molecule has 2 fully saturated rings. The van der Waals surface area contributed by atoms with Gasteiger partial charge >= 0.3 is 0 Å². The van der Waals surface area contributed by atoms with Crippen LogP contribution < -0.4 is 5.32 Å². The number of benzene rings is 1. The topological polar surface area (TPSA) is 15.3 Å². The van der Waals surface area contributed by atoms with Crippen molar-refractivity contribution in [3.05, 3.63) is 35.4 Å². The van der Waals surface area contributed by atoms with Crippen molar-refractivity contribution in [2.24, 2.45) is 5.92 Å². The lowest BCUT2D eigenvalue weighted by molar-refractivity contribution is 0.195. The van der Waals surface area contributed by atoms with Crippen LogP contribution in [-0.2, 0) is 6.54 Å². The van der Waals surface area contributed by atoms with Crippen molar-refractivity contribution in [1.82, 2.24) is 10.2 Å². The Morgan fingerprint density at radius 2 is 2.11 bits per heavy atom. The molecule has 1 aliphatic heterocycles. The molecular weight excluding hydrogens is 232 g/mol. The normalized spacial score (nSPS) is 29.2. The Balaban J connectivity index is 1.71. The number of hydrogen-bond acceptors (Lipinski definition) is 2. The first kappa shape index (κ1) is 13.1. The second-order valence-electron chi connectivity index (χ2n) is 6.61. The van der Waals surface area contributed by atoms with E-state index in [1.807, 2.05) is 0 Å². The Hall–Kier alpha value is -0.860. The third-order valence-corrected chi connectivity index (χ3v) is 4.87. The summed E-state index contributed by atoms with van der Waals surface area (Å²) in [7, 11) is 0. The predicted octanol–water partition coefficient (Wildman–Crippen LogP) is 2.96. The van der Waals surface area contributed by atoms with Crippen molar-refractivity contribution in [2.45, 2.75) is 45.2 Å². The maximum atomic E-state index is 3.81. The van der Waals surface area contributed by atoms with E-state index in [0.717, 1.165) is 12.5 Å². The average Bonchev–Trinajstić information content (AvgIpc) is 3.20. The molecule has 1 N–H and O–H groups in total. The minimum Gasteiger partial charge on any atom is -0.310 e. The molecule has 1 aliphatic carbocycles. The van der Waals surface area contributed by atoms with Gasteiger partial charge in [0.1, 0.15) is 0 Å². The molecule has 1 unspecified atom stereocenters. The lowest BCUT2D eigenvalue weighted by atomic mass is 9.95. The van der Waals surface area contributed by atoms with Crippen LogP contribution in [0.4, 0.5) is 0 Å². The van der Waals surface area contributed by atoms with Crippen LogP contribution in [0.2, 0.25) is 0 Å². The van der Waals surface area contributed by atoms with E-state index in [1.165, 1.54) is 50.0 Å². The zero-order valence-electron chi connectivity index (χ0n) is 12.3. The van der Waals surface area contributed by atoms with Crippen LogP contribution in [0.25, 0.3) is 0 Å². The maximum absolute atomic E-state index is 3.81. The van der Waals surface area contributed by atoms with Gasteiger partial charge in [-0.2, -0.15) is 0 Å². The molecular formula is C17H26N2. The van der Waals surface area contributed by atoms with Gasteiger partial charge in [-0.05, 0) is 63.2 Å². The molecule has 2 nitrogen and oxygen atoms in total. The number of hydrogen-bond donors (Lipinski definition) is 1. The molecule has 0 aromatic heterocycles. The standard InChI is InChI=1S/C17H26N2/c1-14-6-3-4-7-15(14)12-19-11-5-10-18-17(2,13-19)16-8-9-16/h3-4,6-7,16,18H,5,8-13H2,1-2H3. The molecule has 1 saturated heterocycles. The summed E-state index contributed by atoms with van der Waals surface area (Å²) in [5.41, 5.74) is 3.26. The second kappa shape index (κ2) is 5.26. The van der Waals surface area contributed by atoms with Gasteiger partial charge in [0.05, 0.1) is 0 Å². The number of nitrogens with zero attached hydrogens (tertiary/aromatic N) is 1. The van der Waals surface area contributed by atoms with Crippen LogP contribution in [-0.4, -0.2) is 30.1 Å². The molecule has 2 aliphatic rings. The Morgan fingerprint density at radius 3 is 2.84 bits per heavy atom. The predicted molar refractivity (Wildman–Crippen MR) is 80.2 cm³/mol. The number of nitrogens with one attached hydrogen (secondary N) is 1. The van der Waals surface area contributed by atoms with E-state index in [2.05, 4.69) is 48.3 Å². The van der Waals surface area contributed by atoms with Gasteiger partial charge in [0, 0.05) is 18.6 Å². The van der Waals surface area contributed by atoms with Gasteiger partial charge in [0.25, 0.3) is 0 Å². The van der Waals surface area contributed by atoms with Gasteiger partial charge < -0.3 is 5.32 Å². The first-order chi connectivity index (χ1) is 9.17. The zero-order chi connectivity index (χ0) is 13.3. The molecule has 2 heteroatoms. The van der Waals surface area contributed by atoms with E-state index in [-0.39, 0.29) is 0 Å². The Labute approximate surface area is 117 Å². The van der Waals surface area contributed by atoms with Gasteiger partial charge in [0.2, 0.25) is 0 Å². The Morgan fingerprint density at radius 1 is 1.32 bits per heavy atom. The summed E-state index contributed by atoms with van der Waals surface area (Å²) in [6, 6.07) is 8.81. The molecule has 1 aromatic carbocycles. The summed E-state index contributed by atoms with van der Waals surface area (Å²) < 4.78 is 0. The molecule has 1 saturated carbocycles. The summed E-state index contributed by atoms with van der Waals surface area (Å²) in [5, 5.41) is 3.81. The summed E-state index contributed by atoms with van der Waals surface area (Å²) in [6.45, 7) is 9.37. The van der Waals surface area contributed by atoms with Gasteiger partial charge in [-0.15, -0.1) is 0 Å². The van der Waals surface area contributed by atoms with Crippen LogP contribution >= 0.6 is 0 Å². The minimum absolute atomic E-state index is 0.346. The van der Waals surface area contributed by atoms with E-state index in [4.69, 9.17) is 0 Å². The summed E-state index contributed by atoms with van der Waals surface area (Å²) in [6.07, 6.45) is 4.11. The quantitative estimate of drug-likeness (QED) is 0.896. The molecule has 0 bridgehead atoms. The van der Waals surface area contributed by atoms with E-state index in [0.29, 0.717) is 5.54 Å². The van der Waals surface area contributed by atoms with E-state index in [1.54, 1.807) is 0 Å². The molecule has 0 amide bonds. The first-order valence-corrected chi connectivity index (χ1v) is 7.69. The second-order valence-corrected chi connectivity index (χ2v) is 6.61.